The summed E-state index contributed by atoms with van der Waals surface area (Å²) in [7, 11) is -2.41. The molecule has 30 heavy (non-hydrogen) atoms. The first-order valence-corrected chi connectivity index (χ1v) is 11.6. The number of ether oxygens (including phenoxy) is 1. The molecule has 1 aromatic carbocycles. The number of piperidine rings is 1. The Morgan fingerprint density at radius 3 is 2.50 bits per heavy atom. The summed E-state index contributed by atoms with van der Waals surface area (Å²) >= 11 is 5.58. The van der Waals surface area contributed by atoms with Crippen molar-refractivity contribution < 1.29 is 31.1 Å². The van der Waals surface area contributed by atoms with Crippen LogP contribution in [-0.4, -0.2) is 62.9 Å². The average Bonchev–Trinajstić information content (AvgIpc) is 3.19. The van der Waals surface area contributed by atoms with E-state index < -0.39 is 31.7 Å². The van der Waals surface area contributed by atoms with Crippen LogP contribution >= 0.6 is 11.6 Å². The molecule has 2 heterocycles. The summed E-state index contributed by atoms with van der Waals surface area (Å²) in [6, 6.07) is 2.57. The number of halogens is 4. The van der Waals surface area contributed by atoms with Gasteiger partial charge in [0.15, 0.2) is 0 Å². The van der Waals surface area contributed by atoms with Crippen LogP contribution in [0.3, 0.4) is 0 Å². The minimum absolute atomic E-state index is 0.0344. The second-order valence-corrected chi connectivity index (χ2v) is 10.0. The molecule has 0 aromatic heterocycles. The number of carbonyl (C=O) groups is 1. The predicted octanol–water partition coefficient (Wildman–Crippen LogP) is 3.40. The Kier molecular flexibility index (Phi) is 7.01. The minimum Gasteiger partial charge on any atom is -0.376 e. The highest BCUT2D eigenvalue weighted by molar-refractivity contribution is 7.89. The largest absolute Gasteiger partial charge is 0.417 e. The first kappa shape index (κ1) is 23.3. The summed E-state index contributed by atoms with van der Waals surface area (Å²) in [5.74, 6) is -0.382. The molecule has 168 valence electrons. The molecule has 11 heteroatoms. The number of amides is 1. The van der Waals surface area contributed by atoms with Crippen LogP contribution in [0.1, 0.15) is 31.2 Å². The molecule has 0 N–H and O–H groups in total. The van der Waals surface area contributed by atoms with E-state index in [1.54, 1.807) is 11.9 Å². The molecule has 1 aromatic rings. The van der Waals surface area contributed by atoms with Crippen molar-refractivity contribution in [3.8, 4) is 0 Å². The second kappa shape index (κ2) is 9.02. The van der Waals surface area contributed by atoms with Crippen LogP contribution in [0.15, 0.2) is 23.1 Å². The zero-order valence-electron chi connectivity index (χ0n) is 16.5. The van der Waals surface area contributed by atoms with Gasteiger partial charge in [-0.2, -0.15) is 17.5 Å². The number of hydrogen-bond donors (Lipinski definition) is 0. The van der Waals surface area contributed by atoms with E-state index in [-0.39, 0.29) is 31.0 Å². The molecule has 2 aliphatic rings. The maximum absolute atomic E-state index is 13.1. The van der Waals surface area contributed by atoms with Gasteiger partial charge in [-0.3, -0.25) is 4.79 Å². The SMILES string of the molecule is CN(CC1CCCO1)C(=O)C1CCN(S(=O)(=O)c2ccc(Cl)c(C(F)(F)F)c2)CC1. The first-order valence-electron chi connectivity index (χ1n) is 9.73. The topological polar surface area (TPSA) is 66.9 Å². The van der Waals surface area contributed by atoms with Gasteiger partial charge in [0.25, 0.3) is 0 Å². The molecule has 1 atom stereocenters. The third kappa shape index (κ3) is 5.09. The molecule has 0 bridgehead atoms. The van der Waals surface area contributed by atoms with Gasteiger partial charge in [-0.25, -0.2) is 8.42 Å². The summed E-state index contributed by atoms with van der Waals surface area (Å²) in [6.45, 7) is 1.33. The average molecular weight is 469 g/mol. The van der Waals surface area contributed by atoms with Gasteiger partial charge in [-0.05, 0) is 43.9 Å². The normalized spacial score (nSPS) is 21.7. The van der Waals surface area contributed by atoms with Crippen molar-refractivity contribution in [1.29, 1.82) is 0 Å². The minimum atomic E-state index is -4.75. The summed E-state index contributed by atoms with van der Waals surface area (Å²) < 4.78 is 71.5. The van der Waals surface area contributed by atoms with E-state index in [1.807, 2.05) is 0 Å². The lowest BCUT2D eigenvalue weighted by atomic mass is 9.96. The number of alkyl halides is 3. The van der Waals surface area contributed by atoms with Crippen molar-refractivity contribution >= 4 is 27.5 Å². The Hall–Kier alpha value is -1.36. The lowest BCUT2D eigenvalue weighted by Crippen LogP contribution is -2.44. The number of nitrogens with zero attached hydrogens (tertiary/aromatic N) is 2. The van der Waals surface area contributed by atoms with Crippen LogP contribution in [0.4, 0.5) is 13.2 Å². The lowest BCUT2D eigenvalue weighted by Gasteiger charge is -2.33. The van der Waals surface area contributed by atoms with Crippen LogP contribution in [0.25, 0.3) is 0 Å². The number of hydrogen-bond acceptors (Lipinski definition) is 4. The van der Waals surface area contributed by atoms with E-state index in [0.717, 1.165) is 29.3 Å². The van der Waals surface area contributed by atoms with Gasteiger partial charge in [0.1, 0.15) is 0 Å². The molecule has 0 aliphatic carbocycles. The van der Waals surface area contributed by atoms with Gasteiger partial charge in [0, 0.05) is 39.2 Å². The fourth-order valence-electron chi connectivity index (χ4n) is 3.87. The molecule has 6 nitrogen and oxygen atoms in total. The third-order valence-electron chi connectivity index (χ3n) is 5.56. The summed E-state index contributed by atoms with van der Waals surface area (Å²) in [4.78, 5) is 13.8. The molecule has 0 saturated carbocycles. The summed E-state index contributed by atoms with van der Waals surface area (Å²) in [5.41, 5.74) is -1.19. The zero-order valence-corrected chi connectivity index (χ0v) is 18.1. The molecule has 1 amide bonds. The fourth-order valence-corrected chi connectivity index (χ4v) is 5.59. The molecular weight excluding hydrogens is 445 g/mol. The van der Waals surface area contributed by atoms with Crippen molar-refractivity contribution in [3.63, 3.8) is 0 Å². The number of benzene rings is 1. The maximum atomic E-state index is 13.1. The zero-order chi connectivity index (χ0) is 22.1. The Morgan fingerprint density at radius 1 is 1.27 bits per heavy atom. The fraction of sp³-hybridized carbons (Fsp3) is 0.632. The maximum Gasteiger partial charge on any atom is 0.417 e. The molecule has 0 radical (unpaired) electrons. The van der Waals surface area contributed by atoms with Crippen LogP contribution in [0, 0.1) is 5.92 Å². The van der Waals surface area contributed by atoms with Gasteiger partial charge in [-0.15, -0.1) is 0 Å². The highest BCUT2D eigenvalue weighted by atomic mass is 35.5. The number of rotatable bonds is 5. The Bertz CT molecular complexity index is 880. The van der Waals surface area contributed by atoms with Crippen molar-refractivity contribution in [2.45, 2.75) is 42.9 Å². The number of sulfonamides is 1. The standard InChI is InChI=1S/C19H24ClF3N2O4S/c1-24(12-14-3-2-10-29-14)18(26)13-6-8-25(9-7-13)30(27,28)15-4-5-17(20)16(11-15)19(21,22)23/h4-5,11,13-14H,2-3,6-10,12H2,1H3. The van der Waals surface area contributed by atoms with Gasteiger partial charge >= 0.3 is 6.18 Å². The summed E-state index contributed by atoms with van der Waals surface area (Å²) in [5, 5.41) is -0.556. The van der Waals surface area contributed by atoms with Crippen LogP contribution < -0.4 is 0 Å². The highest BCUT2D eigenvalue weighted by Crippen LogP contribution is 2.37. The predicted molar refractivity (Wildman–Crippen MR) is 105 cm³/mol. The molecule has 1 unspecified atom stereocenters. The second-order valence-electron chi connectivity index (χ2n) is 7.67. The molecule has 3 rings (SSSR count). The Labute approximate surface area is 179 Å². The van der Waals surface area contributed by atoms with E-state index in [2.05, 4.69) is 0 Å². The van der Waals surface area contributed by atoms with Crippen LogP contribution in [0.5, 0.6) is 0 Å². The Morgan fingerprint density at radius 2 is 1.93 bits per heavy atom. The van der Waals surface area contributed by atoms with Crippen molar-refractivity contribution in [3.05, 3.63) is 28.8 Å². The van der Waals surface area contributed by atoms with E-state index in [1.165, 1.54) is 0 Å². The van der Waals surface area contributed by atoms with Crippen molar-refractivity contribution in [2.24, 2.45) is 5.92 Å². The van der Waals surface area contributed by atoms with E-state index in [0.29, 0.717) is 32.1 Å². The number of carbonyl (C=O) groups excluding carboxylic acids is 1. The van der Waals surface area contributed by atoms with Gasteiger partial charge in [-0.1, -0.05) is 11.6 Å². The van der Waals surface area contributed by atoms with E-state index in [9.17, 15) is 26.4 Å². The number of likely N-dealkylation sites (N-methyl/N-ethyl adjacent to an activating group) is 1. The van der Waals surface area contributed by atoms with Crippen molar-refractivity contribution in [2.75, 3.05) is 33.3 Å². The molecule has 2 saturated heterocycles. The molecule has 0 spiro atoms. The molecule has 2 aliphatic heterocycles. The third-order valence-corrected chi connectivity index (χ3v) is 7.79. The molecular formula is C19H24ClF3N2O4S. The van der Waals surface area contributed by atoms with Crippen LogP contribution in [-0.2, 0) is 25.7 Å². The van der Waals surface area contributed by atoms with E-state index in [4.69, 9.17) is 16.3 Å². The van der Waals surface area contributed by atoms with Gasteiger partial charge in [0.2, 0.25) is 15.9 Å². The first-order chi connectivity index (χ1) is 14.0. The van der Waals surface area contributed by atoms with Gasteiger partial charge < -0.3 is 9.64 Å². The van der Waals surface area contributed by atoms with E-state index >= 15 is 0 Å². The monoisotopic (exact) mass is 468 g/mol. The van der Waals surface area contributed by atoms with Crippen molar-refractivity contribution in [1.82, 2.24) is 9.21 Å². The van der Waals surface area contributed by atoms with Gasteiger partial charge in [0.05, 0.1) is 21.6 Å². The Balaban J connectivity index is 1.64. The highest BCUT2D eigenvalue weighted by Gasteiger charge is 2.37. The van der Waals surface area contributed by atoms with Crippen LogP contribution in [0.2, 0.25) is 5.02 Å². The lowest BCUT2D eigenvalue weighted by molar-refractivity contribution is -0.138. The summed E-state index contributed by atoms with van der Waals surface area (Å²) in [6.07, 6.45) is -2.21. The molecule has 2 fully saturated rings. The smallest absolute Gasteiger partial charge is 0.376 e. The quantitative estimate of drug-likeness (QED) is 0.664.